The Kier molecular flexibility index (Phi) is 5.86. The van der Waals surface area contributed by atoms with Gasteiger partial charge in [-0.1, -0.05) is 0 Å². The maximum absolute atomic E-state index is 14.2. The molecule has 0 aliphatic carbocycles. The molecule has 0 saturated heterocycles. The van der Waals surface area contributed by atoms with E-state index in [4.69, 9.17) is 4.74 Å². The normalized spacial score (nSPS) is 11.7. The van der Waals surface area contributed by atoms with Crippen LogP contribution in [-0.2, 0) is 11.3 Å². The fourth-order valence-electron chi connectivity index (χ4n) is 2.03. The number of ether oxygens (including phenoxy) is 1. The van der Waals surface area contributed by atoms with Gasteiger partial charge in [0.25, 0.3) is 0 Å². The van der Waals surface area contributed by atoms with Crippen LogP contribution in [0.3, 0.4) is 0 Å². The number of hydrogen-bond acceptors (Lipinski definition) is 4. The SMILES string of the molecule is CC(C)(C)OC(=O)NNCc1c(F)cc(-c2ccn(C(F)F)n2)cc1F. The van der Waals surface area contributed by atoms with Crippen molar-refractivity contribution in [2.75, 3.05) is 0 Å². The molecule has 0 saturated carbocycles. The minimum atomic E-state index is -2.85. The first kappa shape index (κ1) is 19.7. The van der Waals surface area contributed by atoms with Gasteiger partial charge in [0.2, 0.25) is 0 Å². The molecular formula is C16H18F4N4O2. The van der Waals surface area contributed by atoms with E-state index in [1.807, 2.05) is 0 Å². The van der Waals surface area contributed by atoms with E-state index in [9.17, 15) is 22.4 Å². The summed E-state index contributed by atoms with van der Waals surface area (Å²) >= 11 is 0. The Morgan fingerprint density at radius 2 is 1.88 bits per heavy atom. The van der Waals surface area contributed by atoms with E-state index in [1.54, 1.807) is 20.8 Å². The van der Waals surface area contributed by atoms with Crippen LogP contribution in [0.4, 0.5) is 22.4 Å². The number of benzene rings is 1. The van der Waals surface area contributed by atoms with Crippen molar-refractivity contribution in [3.63, 3.8) is 0 Å². The summed E-state index contributed by atoms with van der Waals surface area (Å²) in [5, 5.41) is 3.56. The Labute approximate surface area is 147 Å². The number of hydrazine groups is 1. The van der Waals surface area contributed by atoms with E-state index in [0.29, 0.717) is 4.68 Å². The van der Waals surface area contributed by atoms with E-state index in [-0.39, 0.29) is 23.4 Å². The highest BCUT2D eigenvalue weighted by molar-refractivity contribution is 5.67. The Bertz CT molecular complexity index is 764. The zero-order valence-electron chi connectivity index (χ0n) is 14.3. The highest BCUT2D eigenvalue weighted by atomic mass is 19.3. The smallest absolute Gasteiger partial charge is 0.422 e. The molecule has 0 radical (unpaired) electrons. The highest BCUT2D eigenvalue weighted by Crippen LogP contribution is 2.24. The third kappa shape index (κ3) is 5.19. The molecule has 1 heterocycles. The molecule has 1 aromatic carbocycles. The molecule has 26 heavy (non-hydrogen) atoms. The molecule has 0 fully saturated rings. The zero-order valence-corrected chi connectivity index (χ0v) is 14.3. The number of nitrogens with one attached hydrogen (secondary N) is 2. The summed E-state index contributed by atoms with van der Waals surface area (Å²) in [6.07, 6.45) is 0.211. The average molecular weight is 374 g/mol. The largest absolute Gasteiger partial charge is 0.443 e. The molecule has 1 amide bonds. The second-order valence-electron chi connectivity index (χ2n) is 6.36. The maximum atomic E-state index is 14.2. The monoisotopic (exact) mass is 374 g/mol. The molecule has 2 rings (SSSR count). The van der Waals surface area contributed by atoms with E-state index in [2.05, 4.69) is 16.0 Å². The number of carbonyl (C=O) groups is 1. The van der Waals surface area contributed by atoms with Crippen LogP contribution in [0.2, 0.25) is 0 Å². The molecule has 6 nitrogen and oxygen atoms in total. The molecule has 0 unspecified atom stereocenters. The first-order valence-corrected chi connectivity index (χ1v) is 7.60. The molecule has 0 aliphatic rings. The number of halogens is 4. The van der Waals surface area contributed by atoms with Crippen molar-refractivity contribution in [3.05, 3.63) is 41.6 Å². The summed E-state index contributed by atoms with van der Waals surface area (Å²) in [7, 11) is 0. The van der Waals surface area contributed by atoms with Crippen LogP contribution < -0.4 is 10.9 Å². The lowest BCUT2D eigenvalue weighted by Crippen LogP contribution is -2.41. The molecule has 0 aliphatic heterocycles. The van der Waals surface area contributed by atoms with Crippen LogP contribution >= 0.6 is 0 Å². The molecular weight excluding hydrogens is 356 g/mol. The number of carbonyl (C=O) groups excluding carboxylic acids is 1. The number of rotatable bonds is 5. The van der Waals surface area contributed by atoms with Crippen molar-refractivity contribution in [2.45, 2.75) is 39.5 Å². The number of amides is 1. The molecule has 0 bridgehead atoms. The van der Waals surface area contributed by atoms with Gasteiger partial charge in [-0.2, -0.15) is 13.9 Å². The van der Waals surface area contributed by atoms with Gasteiger partial charge in [0.1, 0.15) is 17.2 Å². The van der Waals surface area contributed by atoms with Crippen molar-refractivity contribution in [3.8, 4) is 11.3 Å². The lowest BCUT2D eigenvalue weighted by Gasteiger charge is -2.20. The van der Waals surface area contributed by atoms with Crippen molar-refractivity contribution in [1.29, 1.82) is 0 Å². The Balaban J connectivity index is 2.06. The third-order valence-electron chi connectivity index (χ3n) is 3.10. The minimum absolute atomic E-state index is 0.00879. The molecule has 10 heteroatoms. The summed E-state index contributed by atoms with van der Waals surface area (Å²) < 4.78 is 58.7. The number of nitrogens with zero attached hydrogens (tertiary/aromatic N) is 2. The van der Waals surface area contributed by atoms with Crippen molar-refractivity contribution in [2.24, 2.45) is 0 Å². The fourth-order valence-corrected chi connectivity index (χ4v) is 2.03. The van der Waals surface area contributed by atoms with E-state index >= 15 is 0 Å². The first-order chi connectivity index (χ1) is 12.1. The quantitative estimate of drug-likeness (QED) is 0.618. The molecule has 2 N–H and O–H groups in total. The van der Waals surface area contributed by atoms with E-state index in [1.165, 1.54) is 6.07 Å². The first-order valence-electron chi connectivity index (χ1n) is 7.60. The lowest BCUT2D eigenvalue weighted by molar-refractivity contribution is 0.0495. The van der Waals surface area contributed by atoms with Gasteiger partial charge in [-0.3, -0.25) is 5.43 Å². The zero-order chi connectivity index (χ0) is 19.5. The standard InChI is InChI=1S/C16H18F4N4O2/c1-16(2,3)26-15(25)22-21-8-10-11(17)6-9(7-12(10)18)13-4-5-24(23-13)14(19)20/h4-7,14,21H,8H2,1-3H3,(H,22,25). The van der Waals surface area contributed by atoms with Crippen molar-refractivity contribution < 1.29 is 27.1 Å². The van der Waals surface area contributed by atoms with Gasteiger partial charge in [0.15, 0.2) is 0 Å². The van der Waals surface area contributed by atoms with Gasteiger partial charge in [-0.15, -0.1) is 0 Å². The average Bonchev–Trinajstić information content (AvgIpc) is 2.98. The van der Waals surface area contributed by atoms with Crippen LogP contribution in [-0.4, -0.2) is 21.5 Å². The van der Waals surface area contributed by atoms with Crippen LogP contribution in [0.15, 0.2) is 24.4 Å². The van der Waals surface area contributed by atoms with Gasteiger partial charge < -0.3 is 4.74 Å². The van der Waals surface area contributed by atoms with E-state index < -0.39 is 29.9 Å². The molecule has 0 atom stereocenters. The molecule has 2 aromatic rings. The maximum Gasteiger partial charge on any atom is 0.422 e. The molecule has 142 valence electrons. The fraction of sp³-hybridized carbons (Fsp3) is 0.375. The Morgan fingerprint density at radius 3 is 2.38 bits per heavy atom. The summed E-state index contributed by atoms with van der Waals surface area (Å²) in [5.74, 6) is -1.82. The second kappa shape index (κ2) is 7.73. The summed E-state index contributed by atoms with van der Waals surface area (Å²) in [5.41, 5.74) is 3.50. The number of aromatic nitrogens is 2. The van der Waals surface area contributed by atoms with Gasteiger partial charge in [0, 0.05) is 23.9 Å². The van der Waals surface area contributed by atoms with Gasteiger partial charge in [-0.05, 0) is 39.0 Å². The number of alkyl halides is 2. The van der Waals surface area contributed by atoms with Gasteiger partial charge >= 0.3 is 12.6 Å². The topological polar surface area (TPSA) is 68.2 Å². The molecule has 1 aromatic heterocycles. The Morgan fingerprint density at radius 1 is 1.27 bits per heavy atom. The van der Waals surface area contributed by atoms with Gasteiger partial charge in [0.05, 0.1) is 5.69 Å². The highest BCUT2D eigenvalue weighted by Gasteiger charge is 2.17. The predicted molar refractivity (Wildman–Crippen MR) is 85.0 cm³/mol. The van der Waals surface area contributed by atoms with Crippen LogP contribution in [0.25, 0.3) is 11.3 Å². The summed E-state index contributed by atoms with van der Waals surface area (Å²) in [4.78, 5) is 11.5. The minimum Gasteiger partial charge on any atom is -0.443 e. The van der Waals surface area contributed by atoms with Gasteiger partial charge in [-0.25, -0.2) is 23.7 Å². The van der Waals surface area contributed by atoms with Crippen molar-refractivity contribution in [1.82, 2.24) is 20.6 Å². The summed E-state index contributed by atoms with van der Waals surface area (Å²) in [6.45, 7) is 1.81. The summed E-state index contributed by atoms with van der Waals surface area (Å²) in [6, 6.07) is 3.18. The molecule has 0 spiro atoms. The van der Waals surface area contributed by atoms with Crippen LogP contribution in [0.5, 0.6) is 0 Å². The lowest BCUT2D eigenvalue weighted by atomic mass is 10.1. The van der Waals surface area contributed by atoms with Crippen LogP contribution in [0.1, 0.15) is 32.9 Å². The number of hydrogen-bond donors (Lipinski definition) is 2. The second-order valence-corrected chi connectivity index (χ2v) is 6.36. The van der Waals surface area contributed by atoms with E-state index in [0.717, 1.165) is 18.3 Å². The van der Waals surface area contributed by atoms with Crippen LogP contribution in [0, 0.1) is 11.6 Å². The third-order valence-corrected chi connectivity index (χ3v) is 3.10. The van der Waals surface area contributed by atoms with Crippen molar-refractivity contribution >= 4 is 6.09 Å². The Hall–Kier alpha value is -2.62. The predicted octanol–water partition coefficient (Wildman–Crippen LogP) is 3.75.